The Morgan fingerprint density at radius 2 is 1.77 bits per heavy atom. The van der Waals surface area contributed by atoms with E-state index in [0.717, 1.165) is 43.8 Å². The molecule has 1 aliphatic heterocycles. The van der Waals surface area contributed by atoms with Crippen LogP contribution in [0.15, 0.2) is 48.7 Å². The van der Waals surface area contributed by atoms with E-state index < -0.39 is 5.97 Å². The SMILES string of the molecule is CCC(C)(C)C.CCCc1c(OCC2CCN(c3ccc(C(=O)O)cc3)C2)ccc2c1ccn2C. The highest BCUT2D eigenvalue weighted by molar-refractivity contribution is 5.88. The average Bonchev–Trinajstić information content (AvgIpc) is 3.46. The molecular weight excluding hydrogens is 436 g/mol. The molecule has 1 aromatic heterocycles. The largest absolute Gasteiger partial charge is 0.493 e. The van der Waals surface area contributed by atoms with Crippen molar-refractivity contribution in [2.75, 3.05) is 24.6 Å². The van der Waals surface area contributed by atoms with Gasteiger partial charge in [0.05, 0.1) is 12.2 Å². The summed E-state index contributed by atoms with van der Waals surface area (Å²) >= 11 is 0. The van der Waals surface area contributed by atoms with Crippen molar-refractivity contribution in [2.24, 2.45) is 18.4 Å². The standard InChI is InChI=1S/C24H28N2O3.C6H14/c1-3-4-21-20-12-13-25(2)22(20)9-10-23(21)29-16-17-11-14-26(15-17)19-7-5-18(6-8-19)24(27)28;1-5-6(2,3)4/h5-10,12-13,17H,3-4,11,14-16H2,1-2H3,(H,27,28);5H2,1-4H3. The van der Waals surface area contributed by atoms with Gasteiger partial charge in [0.1, 0.15) is 5.75 Å². The number of aromatic nitrogens is 1. The maximum Gasteiger partial charge on any atom is 0.335 e. The van der Waals surface area contributed by atoms with E-state index in [1.165, 1.54) is 22.9 Å². The second-order valence-electron chi connectivity index (χ2n) is 10.8. The fourth-order valence-corrected chi connectivity index (χ4v) is 4.26. The summed E-state index contributed by atoms with van der Waals surface area (Å²) in [6, 6.07) is 13.6. The minimum absolute atomic E-state index is 0.326. The van der Waals surface area contributed by atoms with Crippen molar-refractivity contribution in [3.63, 3.8) is 0 Å². The zero-order valence-electron chi connectivity index (χ0n) is 22.3. The van der Waals surface area contributed by atoms with Gasteiger partial charge in [-0.25, -0.2) is 4.79 Å². The Hall–Kier alpha value is -2.95. The molecule has 0 amide bonds. The number of anilines is 1. The van der Waals surface area contributed by atoms with Gasteiger partial charge in [0.25, 0.3) is 0 Å². The summed E-state index contributed by atoms with van der Waals surface area (Å²) in [6.45, 7) is 13.8. The summed E-state index contributed by atoms with van der Waals surface area (Å²) in [5, 5.41) is 10.3. The molecule has 3 aromatic rings. The smallest absolute Gasteiger partial charge is 0.335 e. The number of benzene rings is 2. The molecule has 5 nitrogen and oxygen atoms in total. The predicted molar refractivity (Wildman–Crippen MR) is 146 cm³/mol. The lowest BCUT2D eigenvalue weighted by atomic mass is 9.94. The first-order valence-corrected chi connectivity index (χ1v) is 12.9. The fourth-order valence-electron chi connectivity index (χ4n) is 4.26. The Bertz CT molecular complexity index is 1110. The van der Waals surface area contributed by atoms with Crippen LogP contribution < -0.4 is 9.64 Å². The lowest BCUT2D eigenvalue weighted by molar-refractivity contribution is 0.0697. The van der Waals surface area contributed by atoms with Crippen molar-refractivity contribution < 1.29 is 14.6 Å². The Morgan fingerprint density at radius 3 is 2.37 bits per heavy atom. The van der Waals surface area contributed by atoms with Gasteiger partial charge in [0.15, 0.2) is 0 Å². The number of ether oxygens (including phenoxy) is 1. The van der Waals surface area contributed by atoms with Crippen molar-refractivity contribution in [2.45, 2.75) is 60.3 Å². The predicted octanol–water partition coefficient (Wildman–Crippen LogP) is 7.18. The number of nitrogens with zero attached hydrogens (tertiary/aromatic N) is 2. The molecule has 1 unspecified atom stereocenters. The minimum atomic E-state index is -0.887. The molecule has 4 rings (SSSR count). The minimum Gasteiger partial charge on any atom is -0.493 e. The third kappa shape index (κ3) is 7.03. The van der Waals surface area contributed by atoms with Gasteiger partial charge >= 0.3 is 5.97 Å². The van der Waals surface area contributed by atoms with Gasteiger partial charge in [0, 0.05) is 54.4 Å². The zero-order chi connectivity index (χ0) is 25.6. The van der Waals surface area contributed by atoms with Gasteiger partial charge in [-0.15, -0.1) is 0 Å². The van der Waals surface area contributed by atoms with E-state index in [9.17, 15) is 4.79 Å². The van der Waals surface area contributed by atoms with Crippen LogP contribution in [0.25, 0.3) is 10.9 Å². The van der Waals surface area contributed by atoms with Gasteiger partial charge in [-0.2, -0.15) is 0 Å². The Balaban J connectivity index is 0.000000509. The Labute approximate surface area is 210 Å². The summed E-state index contributed by atoms with van der Waals surface area (Å²) in [6.07, 6.45) is 6.57. The summed E-state index contributed by atoms with van der Waals surface area (Å²) < 4.78 is 8.47. The number of aromatic carboxylic acids is 1. The van der Waals surface area contributed by atoms with E-state index in [1.807, 2.05) is 12.1 Å². The van der Waals surface area contributed by atoms with Crippen LogP contribution in [0.5, 0.6) is 5.75 Å². The van der Waals surface area contributed by atoms with Gasteiger partial charge in [-0.3, -0.25) is 0 Å². The number of hydrogen-bond acceptors (Lipinski definition) is 3. The van der Waals surface area contributed by atoms with Gasteiger partial charge in [0.2, 0.25) is 0 Å². The maximum absolute atomic E-state index is 11.0. The van der Waals surface area contributed by atoms with E-state index in [-0.39, 0.29) is 0 Å². The number of carboxylic acid groups (broad SMARTS) is 1. The summed E-state index contributed by atoms with van der Waals surface area (Å²) in [5.74, 6) is 0.590. The van der Waals surface area contributed by atoms with Gasteiger partial charge in [-0.1, -0.05) is 47.5 Å². The van der Waals surface area contributed by atoms with Crippen LogP contribution >= 0.6 is 0 Å². The van der Waals surface area contributed by atoms with Crippen LogP contribution in [-0.4, -0.2) is 35.3 Å². The molecular formula is C30H42N2O3. The number of rotatable bonds is 7. The molecule has 2 aromatic carbocycles. The molecule has 2 heterocycles. The van der Waals surface area contributed by atoms with Crippen molar-refractivity contribution in [3.05, 3.63) is 59.8 Å². The van der Waals surface area contributed by atoms with Crippen LogP contribution in [0.3, 0.4) is 0 Å². The number of carbonyl (C=O) groups is 1. The fraction of sp³-hybridized carbons (Fsp3) is 0.500. The second kappa shape index (κ2) is 11.7. The molecule has 0 spiro atoms. The lowest BCUT2D eigenvalue weighted by Gasteiger charge is -2.19. The molecule has 1 aliphatic rings. The first kappa shape index (κ1) is 26.7. The third-order valence-electron chi connectivity index (χ3n) is 6.94. The van der Waals surface area contributed by atoms with E-state index in [4.69, 9.17) is 9.84 Å². The lowest BCUT2D eigenvalue weighted by Crippen LogP contribution is -2.22. The molecule has 35 heavy (non-hydrogen) atoms. The molecule has 0 saturated carbocycles. The number of hydrogen-bond donors (Lipinski definition) is 1. The average molecular weight is 479 g/mol. The molecule has 1 N–H and O–H groups in total. The first-order chi connectivity index (χ1) is 16.6. The zero-order valence-corrected chi connectivity index (χ0v) is 22.3. The molecule has 0 bridgehead atoms. The molecule has 1 atom stereocenters. The van der Waals surface area contributed by atoms with Crippen LogP contribution in [-0.2, 0) is 13.5 Å². The van der Waals surface area contributed by atoms with Crippen molar-refractivity contribution >= 4 is 22.6 Å². The topological polar surface area (TPSA) is 54.7 Å². The Morgan fingerprint density at radius 1 is 1.09 bits per heavy atom. The van der Waals surface area contributed by atoms with Gasteiger partial charge < -0.3 is 19.3 Å². The molecule has 0 aliphatic carbocycles. The summed E-state index contributed by atoms with van der Waals surface area (Å²) in [5.41, 5.74) is 4.50. The number of aryl methyl sites for hydroxylation is 2. The molecule has 190 valence electrons. The highest BCUT2D eigenvalue weighted by Gasteiger charge is 2.24. The van der Waals surface area contributed by atoms with Crippen LogP contribution in [0.4, 0.5) is 5.69 Å². The van der Waals surface area contributed by atoms with Crippen LogP contribution in [0.2, 0.25) is 0 Å². The Kier molecular flexibility index (Phi) is 8.87. The van der Waals surface area contributed by atoms with E-state index in [1.54, 1.807) is 12.1 Å². The third-order valence-corrected chi connectivity index (χ3v) is 6.94. The normalized spacial score (nSPS) is 15.7. The monoisotopic (exact) mass is 478 g/mol. The maximum atomic E-state index is 11.0. The molecule has 1 saturated heterocycles. The van der Waals surface area contributed by atoms with E-state index in [2.05, 4.69) is 75.5 Å². The molecule has 1 fully saturated rings. The van der Waals surface area contributed by atoms with E-state index in [0.29, 0.717) is 23.5 Å². The summed E-state index contributed by atoms with van der Waals surface area (Å²) in [4.78, 5) is 13.3. The molecule has 0 radical (unpaired) electrons. The van der Waals surface area contributed by atoms with E-state index >= 15 is 0 Å². The highest BCUT2D eigenvalue weighted by Crippen LogP contribution is 2.31. The number of fused-ring (bicyclic) bond motifs is 1. The first-order valence-electron chi connectivity index (χ1n) is 12.9. The highest BCUT2D eigenvalue weighted by atomic mass is 16.5. The van der Waals surface area contributed by atoms with Crippen LogP contribution in [0, 0.1) is 11.3 Å². The van der Waals surface area contributed by atoms with Gasteiger partial charge in [-0.05, 0) is 60.7 Å². The van der Waals surface area contributed by atoms with Crippen molar-refractivity contribution in [1.82, 2.24) is 4.57 Å². The quantitative estimate of drug-likeness (QED) is 0.391. The molecule has 5 heteroatoms. The second-order valence-corrected chi connectivity index (χ2v) is 10.8. The van der Waals surface area contributed by atoms with Crippen molar-refractivity contribution in [1.29, 1.82) is 0 Å². The summed E-state index contributed by atoms with van der Waals surface area (Å²) in [7, 11) is 2.08. The van der Waals surface area contributed by atoms with Crippen molar-refractivity contribution in [3.8, 4) is 5.75 Å². The van der Waals surface area contributed by atoms with Crippen LogP contribution in [0.1, 0.15) is 69.8 Å². The number of carboxylic acids is 1.